The molecule has 0 aromatic carbocycles. The van der Waals surface area contributed by atoms with E-state index in [1.54, 1.807) is 0 Å². The molecule has 0 bridgehead atoms. The quantitative estimate of drug-likeness (QED) is 0.624. The molecule has 0 spiro atoms. The molecule has 12 heavy (non-hydrogen) atoms. The van der Waals surface area contributed by atoms with Gasteiger partial charge in [0, 0.05) is 6.42 Å². The molecular weight excluding hydrogens is 154 g/mol. The number of carbonyl (C=O) groups is 1. The second-order valence-corrected chi connectivity index (χ2v) is 3.51. The molecule has 1 rings (SSSR count). The zero-order valence-electron chi connectivity index (χ0n) is 7.80. The maximum Gasteiger partial charge on any atom is 0.305 e. The first-order valence-electron chi connectivity index (χ1n) is 4.51. The van der Waals surface area contributed by atoms with Crippen LogP contribution in [0.2, 0.25) is 0 Å². The summed E-state index contributed by atoms with van der Waals surface area (Å²) in [6.07, 6.45) is 1.73. The van der Waals surface area contributed by atoms with E-state index < -0.39 is 0 Å². The molecule has 1 aliphatic rings. The van der Waals surface area contributed by atoms with Gasteiger partial charge in [0.05, 0.1) is 7.11 Å². The van der Waals surface area contributed by atoms with E-state index in [4.69, 9.17) is 0 Å². The van der Waals surface area contributed by atoms with Gasteiger partial charge in [-0.2, -0.15) is 0 Å². The molecule has 0 aromatic heterocycles. The Labute approximate surface area is 73.5 Å². The molecule has 0 radical (unpaired) electrons. The number of esters is 1. The second kappa shape index (κ2) is 4.45. The average Bonchev–Trinajstić information content (AvgIpc) is 2.09. The lowest BCUT2D eigenvalue weighted by Crippen LogP contribution is -2.36. The Bertz CT molecular complexity index is 159. The average molecular weight is 171 g/mol. The van der Waals surface area contributed by atoms with Crippen molar-refractivity contribution in [1.29, 1.82) is 0 Å². The Morgan fingerprint density at radius 3 is 3.00 bits per heavy atom. The van der Waals surface area contributed by atoms with Crippen molar-refractivity contribution in [3.05, 3.63) is 0 Å². The van der Waals surface area contributed by atoms with Crippen molar-refractivity contribution in [3.8, 4) is 0 Å². The summed E-state index contributed by atoms with van der Waals surface area (Å²) < 4.78 is 4.63. The van der Waals surface area contributed by atoms with Gasteiger partial charge in [-0.1, -0.05) is 6.92 Å². The van der Waals surface area contributed by atoms with E-state index in [1.165, 1.54) is 13.5 Å². The maximum absolute atomic E-state index is 11.0. The second-order valence-electron chi connectivity index (χ2n) is 3.51. The van der Waals surface area contributed by atoms with Gasteiger partial charge in [0.1, 0.15) is 0 Å². The topological polar surface area (TPSA) is 38.3 Å². The highest BCUT2D eigenvalue weighted by Crippen LogP contribution is 2.21. The number of carbonyl (C=O) groups excluding carboxylic acids is 1. The van der Waals surface area contributed by atoms with Gasteiger partial charge in [-0.15, -0.1) is 0 Å². The third kappa shape index (κ3) is 2.48. The molecule has 1 fully saturated rings. The maximum atomic E-state index is 11.0. The molecule has 1 aliphatic heterocycles. The van der Waals surface area contributed by atoms with E-state index >= 15 is 0 Å². The summed E-state index contributed by atoms with van der Waals surface area (Å²) in [4.78, 5) is 11.0. The number of piperidine rings is 1. The molecule has 0 aliphatic carbocycles. The molecule has 0 aromatic rings. The van der Waals surface area contributed by atoms with Gasteiger partial charge in [0.15, 0.2) is 0 Å². The minimum absolute atomic E-state index is 0.0875. The van der Waals surface area contributed by atoms with Crippen LogP contribution in [0.5, 0.6) is 0 Å². The smallest absolute Gasteiger partial charge is 0.305 e. The summed E-state index contributed by atoms with van der Waals surface area (Å²) in [5.74, 6) is 1.02. The molecule has 0 amide bonds. The van der Waals surface area contributed by atoms with Gasteiger partial charge in [0.25, 0.3) is 0 Å². The van der Waals surface area contributed by atoms with Crippen molar-refractivity contribution in [2.75, 3.05) is 20.2 Å². The van der Waals surface area contributed by atoms with Crippen LogP contribution in [0.15, 0.2) is 0 Å². The number of hydrogen-bond acceptors (Lipinski definition) is 3. The van der Waals surface area contributed by atoms with Gasteiger partial charge >= 0.3 is 5.97 Å². The number of methoxy groups -OCH3 is 1. The normalized spacial score (nSPS) is 29.8. The first kappa shape index (κ1) is 9.52. The Kier molecular flexibility index (Phi) is 3.53. The molecule has 0 unspecified atom stereocenters. The number of ether oxygens (including phenoxy) is 1. The third-order valence-corrected chi connectivity index (χ3v) is 2.64. The van der Waals surface area contributed by atoms with Gasteiger partial charge in [-0.3, -0.25) is 4.79 Å². The molecule has 2 atom stereocenters. The van der Waals surface area contributed by atoms with E-state index in [1.807, 2.05) is 0 Å². The highest BCUT2D eigenvalue weighted by Gasteiger charge is 2.23. The lowest BCUT2D eigenvalue weighted by Gasteiger charge is -2.28. The van der Waals surface area contributed by atoms with E-state index in [9.17, 15) is 4.79 Å². The molecular formula is C9H17NO2. The monoisotopic (exact) mass is 171 g/mol. The highest BCUT2D eigenvalue weighted by molar-refractivity contribution is 5.69. The molecule has 70 valence electrons. The number of nitrogens with one attached hydrogen (secondary N) is 1. The van der Waals surface area contributed by atoms with Crippen molar-refractivity contribution >= 4 is 5.97 Å². The fourth-order valence-electron chi connectivity index (χ4n) is 1.62. The zero-order valence-corrected chi connectivity index (χ0v) is 7.80. The van der Waals surface area contributed by atoms with Gasteiger partial charge in [-0.25, -0.2) is 0 Å². The molecule has 0 saturated carbocycles. The van der Waals surface area contributed by atoms with Crippen molar-refractivity contribution in [1.82, 2.24) is 5.32 Å². The molecule has 3 heteroatoms. The van der Waals surface area contributed by atoms with Crippen molar-refractivity contribution in [2.24, 2.45) is 11.8 Å². The van der Waals surface area contributed by atoms with Crippen LogP contribution < -0.4 is 5.32 Å². The van der Waals surface area contributed by atoms with Gasteiger partial charge < -0.3 is 10.1 Å². The molecule has 1 saturated heterocycles. The summed E-state index contributed by atoms with van der Waals surface area (Å²) in [5, 5.41) is 3.29. The molecule has 1 N–H and O–H groups in total. The van der Waals surface area contributed by atoms with Crippen LogP contribution in [0.1, 0.15) is 19.8 Å². The van der Waals surface area contributed by atoms with E-state index in [0.717, 1.165) is 13.1 Å². The standard InChI is InChI=1S/C9H17NO2/c1-7-3-4-10-6-8(7)5-9(11)12-2/h7-8,10H,3-6H2,1-2H3/t7-,8+/m1/s1. The summed E-state index contributed by atoms with van der Waals surface area (Å²) in [6.45, 7) is 4.24. The van der Waals surface area contributed by atoms with E-state index in [2.05, 4.69) is 17.0 Å². The van der Waals surface area contributed by atoms with Crippen LogP contribution >= 0.6 is 0 Å². The third-order valence-electron chi connectivity index (χ3n) is 2.64. The van der Waals surface area contributed by atoms with E-state index in [0.29, 0.717) is 18.3 Å². The Morgan fingerprint density at radius 1 is 1.67 bits per heavy atom. The highest BCUT2D eigenvalue weighted by atomic mass is 16.5. The van der Waals surface area contributed by atoms with Crippen molar-refractivity contribution < 1.29 is 9.53 Å². The SMILES string of the molecule is COC(=O)C[C@H]1CNCC[C@H]1C. The first-order valence-corrected chi connectivity index (χ1v) is 4.51. The van der Waals surface area contributed by atoms with Crippen molar-refractivity contribution in [3.63, 3.8) is 0 Å². The van der Waals surface area contributed by atoms with Gasteiger partial charge in [0.2, 0.25) is 0 Å². The Morgan fingerprint density at radius 2 is 2.42 bits per heavy atom. The van der Waals surface area contributed by atoms with Gasteiger partial charge in [-0.05, 0) is 31.3 Å². The number of rotatable bonds is 2. The molecule has 1 heterocycles. The summed E-state index contributed by atoms with van der Waals surface area (Å²) in [7, 11) is 1.45. The fraction of sp³-hybridized carbons (Fsp3) is 0.889. The lowest BCUT2D eigenvalue weighted by molar-refractivity contribution is -0.142. The minimum Gasteiger partial charge on any atom is -0.469 e. The molecule has 3 nitrogen and oxygen atoms in total. The van der Waals surface area contributed by atoms with Crippen molar-refractivity contribution in [2.45, 2.75) is 19.8 Å². The summed E-state index contributed by atoms with van der Waals surface area (Å²) in [6, 6.07) is 0. The Balaban J connectivity index is 2.33. The minimum atomic E-state index is -0.0875. The van der Waals surface area contributed by atoms with Crippen LogP contribution in [0.25, 0.3) is 0 Å². The summed E-state index contributed by atoms with van der Waals surface area (Å²) in [5.41, 5.74) is 0. The predicted molar refractivity (Wildman–Crippen MR) is 46.8 cm³/mol. The van der Waals surface area contributed by atoms with Crippen LogP contribution in [0.3, 0.4) is 0 Å². The number of hydrogen-bond donors (Lipinski definition) is 1. The van der Waals surface area contributed by atoms with E-state index in [-0.39, 0.29) is 5.97 Å². The lowest BCUT2D eigenvalue weighted by atomic mass is 9.86. The zero-order chi connectivity index (χ0) is 8.97. The predicted octanol–water partition coefficient (Wildman–Crippen LogP) is 0.795. The fourth-order valence-corrected chi connectivity index (χ4v) is 1.62. The Hall–Kier alpha value is -0.570. The van der Waals surface area contributed by atoms with Crippen LogP contribution in [0.4, 0.5) is 0 Å². The van der Waals surface area contributed by atoms with Crippen LogP contribution in [-0.2, 0) is 9.53 Å². The van der Waals surface area contributed by atoms with Crippen LogP contribution in [0, 0.1) is 11.8 Å². The van der Waals surface area contributed by atoms with Crippen LogP contribution in [-0.4, -0.2) is 26.2 Å². The largest absolute Gasteiger partial charge is 0.469 e. The summed E-state index contributed by atoms with van der Waals surface area (Å²) >= 11 is 0. The first-order chi connectivity index (χ1) is 5.74.